The van der Waals surface area contributed by atoms with E-state index in [4.69, 9.17) is 4.74 Å². The predicted octanol–water partition coefficient (Wildman–Crippen LogP) is 4.33. The fourth-order valence-corrected chi connectivity index (χ4v) is 1.67. The first-order valence-corrected chi connectivity index (χ1v) is 8.01. The molecule has 0 aliphatic rings. The third-order valence-electron chi connectivity index (χ3n) is 2.81. The molecule has 0 bridgehead atoms. The molecule has 0 aromatic heterocycles. The van der Waals surface area contributed by atoms with E-state index in [0.29, 0.717) is 6.61 Å². The fourth-order valence-electron chi connectivity index (χ4n) is 1.67. The lowest BCUT2D eigenvalue weighted by atomic mass is 10.2. The maximum absolute atomic E-state index is 11.5. The summed E-state index contributed by atoms with van der Waals surface area (Å²) in [6.45, 7) is 4.61. The zero-order valence-corrected chi connectivity index (χ0v) is 13.5. The number of hydrogen-bond donors (Lipinski definition) is 1. The lowest BCUT2D eigenvalue weighted by Crippen LogP contribution is -2.14. The van der Waals surface area contributed by atoms with E-state index < -0.39 is 6.10 Å². The maximum Gasteiger partial charge on any atom is 0.308 e. The van der Waals surface area contributed by atoms with Gasteiger partial charge in [0.2, 0.25) is 0 Å². The molecule has 21 heavy (non-hydrogen) atoms. The quantitative estimate of drug-likeness (QED) is 0.331. The van der Waals surface area contributed by atoms with Crippen LogP contribution in [0, 0.1) is 0 Å². The fraction of sp³-hybridized carbons (Fsp3) is 0.611. The highest BCUT2D eigenvalue weighted by Crippen LogP contribution is 2.01. The molecule has 1 atom stereocenters. The Morgan fingerprint density at radius 1 is 1.00 bits per heavy atom. The number of ether oxygens (including phenoxy) is 1. The first-order valence-electron chi connectivity index (χ1n) is 8.01. The zero-order chi connectivity index (χ0) is 15.8. The van der Waals surface area contributed by atoms with E-state index in [9.17, 15) is 9.90 Å². The van der Waals surface area contributed by atoms with E-state index >= 15 is 0 Å². The highest BCUT2D eigenvalue weighted by Gasteiger charge is 2.08. The van der Waals surface area contributed by atoms with Gasteiger partial charge in [0.05, 0.1) is 19.1 Å². The summed E-state index contributed by atoms with van der Waals surface area (Å²) >= 11 is 0. The Bertz CT molecular complexity index is 329. The van der Waals surface area contributed by atoms with Gasteiger partial charge < -0.3 is 9.84 Å². The lowest BCUT2D eigenvalue weighted by molar-refractivity contribution is -0.145. The molecule has 0 heterocycles. The second-order valence-corrected chi connectivity index (χ2v) is 4.93. The molecule has 0 rings (SSSR count). The van der Waals surface area contributed by atoms with Crippen LogP contribution in [0.3, 0.4) is 0 Å². The average Bonchev–Trinajstić information content (AvgIpc) is 2.46. The minimum absolute atomic E-state index is 0.0278. The summed E-state index contributed by atoms with van der Waals surface area (Å²) in [5.41, 5.74) is 0. The van der Waals surface area contributed by atoms with Crippen molar-refractivity contribution in [1.82, 2.24) is 0 Å². The van der Waals surface area contributed by atoms with Crippen molar-refractivity contribution in [2.45, 2.75) is 64.9 Å². The van der Waals surface area contributed by atoms with Crippen molar-refractivity contribution in [3.05, 3.63) is 36.5 Å². The smallest absolute Gasteiger partial charge is 0.308 e. The number of hydrogen-bond acceptors (Lipinski definition) is 3. The third kappa shape index (κ3) is 14.9. The first-order chi connectivity index (χ1) is 10.2. The molecule has 0 aliphatic heterocycles. The summed E-state index contributed by atoms with van der Waals surface area (Å²) in [5.74, 6) is -0.345. The monoisotopic (exact) mass is 294 g/mol. The van der Waals surface area contributed by atoms with Gasteiger partial charge in [-0.05, 0) is 32.1 Å². The van der Waals surface area contributed by atoms with Crippen molar-refractivity contribution in [2.75, 3.05) is 6.61 Å². The van der Waals surface area contributed by atoms with Gasteiger partial charge >= 0.3 is 5.97 Å². The highest BCUT2D eigenvalue weighted by atomic mass is 16.5. The molecule has 1 N–H and O–H groups in total. The molecule has 0 aromatic rings. The minimum atomic E-state index is -0.747. The van der Waals surface area contributed by atoms with Gasteiger partial charge in [-0.25, -0.2) is 0 Å². The SMILES string of the molecule is CCC=CCCC=CC(O)CC(=O)OCC/C=C\CCC. The standard InChI is InChI=1S/C18H30O3/c1-3-5-7-9-10-12-14-17(19)16-18(20)21-15-13-11-8-6-4-2/h5,7-8,11-12,14,17,19H,3-4,6,9-10,13,15-16H2,1-2H3/b7-5?,11-8-,14-12?. The van der Waals surface area contributed by atoms with Gasteiger partial charge in [0.25, 0.3) is 0 Å². The van der Waals surface area contributed by atoms with Crippen molar-refractivity contribution in [2.24, 2.45) is 0 Å². The molecular weight excluding hydrogens is 264 g/mol. The van der Waals surface area contributed by atoms with Gasteiger partial charge in [-0.1, -0.05) is 56.7 Å². The molecule has 0 saturated carbocycles. The number of carbonyl (C=O) groups excluding carboxylic acids is 1. The Hall–Kier alpha value is -1.35. The van der Waals surface area contributed by atoms with Gasteiger partial charge in [-0.2, -0.15) is 0 Å². The van der Waals surface area contributed by atoms with Gasteiger partial charge in [-0.3, -0.25) is 4.79 Å². The molecule has 3 heteroatoms. The van der Waals surface area contributed by atoms with Crippen LogP contribution in [0.4, 0.5) is 0 Å². The third-order valence-corrected chi connectivity index (χ3v) is 2.81. The number of aliphatic hydroxyl groups excluding tert-OH is 1. The molecule has 1 unspecified atom stereocenters. The molecular formula is C18H30O3. The molecule has 3 nitrogen and oxygen atoms in total. The van der Waals surface area contributed by atoms with E-state index in [1.807, 2.05) is 12.2 Å². The van der Waals surface area contributed by atoms with Crippen LogP contribution in [0.2, 0.25) is 0 Å². The van der Waals surface area contributed by atoms with Gasteiger partial charge in [0, 0.05) is 0 Å². The Morgan fingerprint density at radius 2 is 1.67 bits per heavy atom. The van der Waals surface area contributed by atoms with Crippen molar-refractivity contribution < 1.29 is 14.6 Å². The largest absolute Gasteiger partial charge is 0.465 e. The lowest BCUT2D eigenvalue weighted by Gasteiger charge is -2.05. The molecule has 0 amide bonds. The zero-order valence-electron chi connectivity index (χ0n) is 13.5. The summed E-state index contributed by atoms with van der Waals surface area (Å²) < 4.78 is 5.06. The van der Waals surface area contributed by atoms with Crippen molar-refractivity contribution >= 4 is 5.97 Å². The number of esters is 1. The molecule has 0 fully saturated rings. The van der Waals surface area contributed by atoms with E-state index in [-0.39, 0.29) is 12.4 Å². The first kappa shape index (κ1) is 19.7. The van der Waals surface area contributed by atoms with E-state index in [2.05, 4.69) is 32.1 Å². The van der Waals surface area contributed by atoms with E-state index in [1.165, 1.54) is 0 Å². The molecule has 120 valence electrons. The van der Waals surface area contributed by atoms with E-state index in [0.717, 1.165) is 38.5 Å². The van der Waals surface area contributed by atoms with Crippen LogP contribution in [0.1, 0.15) is 58.8 Å². The van der Waals surface area contributed by atoms with Crippen LogP contribution in [0.25, 0.3) is 0 Å². The minimum Gasteiger partial charge on any atom is -0.465 e. The van der Waals surface area contributed by atoms with Crippen LogP contribution in [-0.2, 0) is 9.53 Å². The Balaban J connectivity index is 3.64. The van der Waals surface area contributed by atoms with Crippen LogP contribution in [0.5, 0.6) is 0 Å². The Labute approximate surface area is 129 Å². The summed E-state index contributed by atoms with van der Waals surface area (Å²) in [6, 6.07) is 0. The number of allylic oxidation sites excluding steroid dienone is 4. The van der Waals surface area contributed by atoms with Gasteiger partial charge in [0.1, 0.15) is 0 Å². The van der Waals surface area contributed by atoms with Crippen LogP contribution >= 0.6 is 0 Å². The van der Waals surface area contributed by atoms with Crippen LogP contribution < -0.4 is 0 Å². The van der Waals surface area contributed by atoms with Crippen molar-refractivity contribution in [3.63, 3.8) is 0 Å². The van der Waals surface area contributed by atoms with Crippen molar-refractivity contribution in [1.29, 1.82) is 0 Å². The Kier molecular flexibility index (Phi) is 14.1. The number of rotatable bonds is 12. The normalized spacial score (nSPS) is 13.5. The number of carbonyl (C=O) groups is 1. The van der Waals surface area contributed by atoms with Gasteiger partial charge in [0.15, 0.2) is 0 Å². The van der Waals surface area contributed by atoms with Crippen LogP contribution in [-0.4, -0.2) is 23.8 Å². The van der Waals surface area contributed by atoms with Crippen molar-refractivity contribution in [3.8, 4) is 0 Å². The molecule has 0 saturated heterocycles. The van der Waals surface area contributed by atoms with Gasteiger partial charge in [-0.15, -0.1) is 0 Å². The molecule has 0 spiro atoms. The maximum atomic E-state index is 11.5. The van der Waals surface area contributed by atoms with Crippen LogP contribution in [0.15, 0.2) is 36.5 Å². The molecule has 0 aromatic carbocycles. The second-order valence-electron chi connectivity index (χ2n) is 4.93. The topological polar surface area (TPSA) is 46.5 Å². The van der Waals surface area contributed by atoms with E-state index in [1.54, 1.807) is 6.08 Å². The summed E-state index contributed by atoms with van der Waals surface area (Å²) in [7, 11) is 0. The summed E-state index contributed by atoms with van der Waals surface area (Å²) in [4.78, 5) is 11.5. The number of aliphatic hydroxyl groups is 1. The Morgan fingerprint density at radius 3 is 2.38 bits per heavy atom. The second kappa shape index (κ2) is 15.0. The highest BCUT2D eigenvalue weighted by molar-refractivity contribution is 5.70. The molecule has 0 aliphatic carbocycles. The summed E-state index contributed by atoms with van der Waals surface area (Å²) in [6.07, 6.45) is 17.0. The number of unbranched alkanes of at least 4 members (excludes halogenated alkanes) is 2. The summed E-state index contributed by atoms with van der Waals surface area (Å²) in [5, 5.41) is 9.68. The average molecular weight is 294 g/mol. The molecule has 0 radical (unpaired) electrons. The predicted molar refractivity (Wildman–Crippen MR) is 88.1 cm³/mol.